The first-order valence-electron chi connectivity index (χ1n) is 6.54. The van der Waals surface area contributed by atoms with Crippen molar-refractivity contribution in [3.63, 3.8) is 0 Å². The van der Waals surface area contributed by atoms with Crippen LogP contribution in [0.3, 0.4) is 0 Å². The number of aromatic nitrogens is 2. The zero-order chi connectivity index (χ0) is 15.7. The quantitative estimate of drug-likeness (QED) is 0.694. The number of methoxy groups -OCH3 is 2. The van der Waals surface area contributed by atoms with E-state index in [9.17, 15) is 4.79 Å². The van der Waals surface area contributed by atoms with Crippen LogP contribution < -0.4 is 4.74 Å². The van der Waals surface area contributed by atoms with Crippen LogP contribution in [-0.4, -0.2) is 29.6 Å². The first kappa shape index (κ1) is 14.4. The number of halogens is 1. The highest BCUT2D eigenvalue weighted by Gasteiger charge is 2.14. The number of fused-ring (bicyclic) bond motifs is 1. The molecule has 5 nitrogen and oxygen atoms in total. The number of nitrogens with zero attached hydrogens (tertiary/aromatic N) is 2. The summed E-state index contributed by atoms with van der Waals surface area (Å²) in [4.78, 5) is 16.1. The van der Waals surface area contributed by atoms with E-state index >= 15 is 0 Å². The van der Waals surface area contributed by atoms with Crippen LogP contribution in [0.1, 0.15) is 10.4 Å². The second-order valence-electron chi connectivity index (χ2n) is 4.62. The summed E-state index contributed by atoms with van der Waals surface area (Å²) in [5.74, 6) is 0.992. The highest BCUT2D eigenvalue weighted by molar-refractivity contribution is 6.33. The molecule has 0 fully saturated rings. The van der Waals surface area contributed by atoms with Crippen molar-refractivity contribution >= 4 is 23.1 Å². The summed E-state index contributed by atoms with van der Waals surface area (Å²) in [7, 11) is 2.96. The smallest absolute Gasteiger partial charge is 0.339 e. The largest absolute Gasteiger partial charge is 0.497 e. The second-order valence-corrected chi connectivity index (χ2v) is 4.98. The molecule has 112 valence electrons. The van der Waals surface area contributed by atoms with Crippen molar-refractivity contribution in [1.82, 2.24) is 9.38 Å². The van der Waals surface area contributed by atoms with Gasteiger partial charge in [0, 0.05) is 11.8 Å². The summed E-state index contributed by atoms with van der Waals surface area (Å²) >= 11 is 6.18. The molecular weight excluding hydrogens is 304 g/mol. The van der Waals surface area contributed by atoms with E-state index in [-0.39, 0.29) is 0 Å². The van der Waals surface area contributed by atoms with Crippen LogP contribution in [0.25, 0.3) is 16.9 Å². The number of hydrogen-bond donors (Lipinski definition) is 0. The predicted molar refractivity (Wildman–Crippen MR) is 83.5 cm³/mol. The van der Waals surface area contributed by atoms with Crippen LogP contribution in [0, 0.1) is 0 Å². The predicted octanol–water partition coefficient (Wildman–Crippen LogP) is 3.45. The molecule has 6 heteroatoms. The third-order valence-corrected chi connectivity index (χ3v) is 3.64. The van der Waals surface area contributed by atoms with Crippen molar-refractivity contribution in [3.8, 4) is 17.1 Å². The number of hydrogen-bond acceptors (Lipinski definition) is 4. The Balaban J connectivity index is 2.17. The van der Waals surface area contributed by atoms with Crippen molar-refractivity contribution in [2.24, 2.45) is 0 Å². The molecular formula is C16H13ClN2O3. The van der Waals surface area contributed by atoms with Gasteiger partial charge in [0.2, 0.25) is 0 Å². The maximum Gasteiger partial charge on any atom is 0.339 e. The van der Waals surface area contributed by atoms with Crippen LogP contribution in [-0.2, 0) is 4.74 Å². The van der Waals surface area contributed by atoms with Gasteiger partial charge in [-0.05, 0) is 36.4 Å². The Kier molecular flexibility index (Phi) is 3.73. The Morgan fingerprint density at radius 2 is 1.86 bits per heavy atom. The maximum atomic E-state index is 11.7. The van der Waals surface area contributed by atoms with Gasteiger partial charge < -0.3 is 9.47 Å². The molecule has 0 N–H and O–H groups in total. The first-order valence-corrected chi connectivity index (χ1v) is 6.92. The summed E-state index contributed by atoms with van der Waals surface area (Å²) in [5, 5.41) is 0.377. The lowest BCUT2D eigenvalue weighted by Gasteiger charge is -2.05. The van der Waals surface area contributed by atoms with E-state index in [2.05, 4.69) is 4.98 Å². The molecule has 2 aromatic heterocycles. The van der Waals surface area contributed by atoms with E-state index in [4.69, 9.17) is 21.1 Å². The number of imidazole rings is 1. The zero-order valence-electron chi connectivity index (χ0n) is 12.0. The Hall–Kier alpha value is -2.53. The summed E-state index contributed by atoms with van der Waals surface area (Å²) in [6.07, 6.45) is 1.67. The van der Waals surface area contributed by atoms with Crippen molar-refractivity contribution < 1.29 is 14.3 Å². The molecule has 0 spiro atoms. The molecule has 0 aliphatic heterocycles. The van der Waals surface area contributed by atoms with Crippen molar-refractivity contribution in [3.05, 3.63) is 53.3 Å². The molecule has 22 heavy (non-hydrogen) atoms. The Morgan fingerprint density at radius 3 is 2.50 bits per heavy atom. The second kappa shape index (κ2) is 5.69. The minimum atomic E-state index is -0.410. The van der Waals surface area contributed by atoms with Gasteiger partial charge in [0.05, 0.1) is 25.3 Å². The lowest BCUT2D eigenvalue weighted by Crippen LogP contribution is -2.03. The molecule has 0 amide bonds. The van der Waals surface area contributed by atoms with Crippen molar-refractivity contribution in [1.29, 1.82) is 0 Å². The van der Waals surface area contributed by atoms with E-state index in [1.54, 1.807) is 29.8 Å². The van der Waals surface area contributed by atoms with Gasteiger partial charge >= 0.3 is 5.97 Å². The van der Waals surface area contributed by atoms with E-state index in [0.29, 0.717) is 16.5 Å². The van der Waals surface area contributed by atoms with Gasteiger partial charge in [0.25, 0.3) is 0 Å². The minimum absolute atomic E-state index is 0.377. The standard InChI is InChI=1S/C16H13ClN2O3/c1-21-12-6-3-10(4-7-12)15-18-14(17)13-8-5-11(9-19(13)15)16(20)22-2/h3-9H,1-2H3. The highest BCUT2D eigenvalue weighted by Crippen LogP contribution is 2.27. The third-order valence-electron chi connectivity index (χ3n) is 3.36. The topological polar surface area (TPSA) is 52.8 Å². The van der Waals surface area contributed by atoms with Crippen molar-refractivity contribution in [2.75, 3.05) is 14.2 Å². The molecule has 1 aromatic carbocycles. The monoisotopic (exact) mass is 316 g/mol. The fourth-order valence-corrected chi connectivity index (χ4v) is 2.46. The van der Waals surface area contributed by atoms with Crippen LogP contribution in [0.5, 0.6) is 5.75 Å². The Labute approximate surface area is 132 Å². The molecule has 0 unspecified atom stereocenters. The normalized spacial score (nSPS) is 10.7. The van der Waals surface area contributed by atoms with E-state index in [1.807, 2.05) is 24.3 Å². The maximum absolute atomic E-state index is 11.7. The van der Waals surface area contributed by atoms with Crippen LogP contribution in [0.2, 0.25) is 5.15 Å². The lowest BCUT2D eigenvalue weighted by atomic mass is 10.2. The van der Waals surface area contributed by atoms with Gasteiger partial charge in [-0.15, -0.1) is 0 Å². The summed E-state index contributed by atoms with van der Waals surface area (Å²) < 4.78 is 11.7. The fourth-order valence-electron chi connectivity index (χ4n) is 2.23. The molecule has 0 aliphatic rings. The van der Waals surface area contributed by atoms with Gasteiger partial charge in [0.15, 0.2) is 5.15 Å². The molecule has 3 rings (SSSR count). The minimum Gasteiger partial charge on any atom is -0.497 e. The Bertz CT molecular complexity index is 840. The number of pyridine rings is 1. The molecule has 0 radical (unpaired) electrons. The van der Waals surface area contributed by atoms with Gasteiger partial charge in [0.1, 0.15) is 11.6 Å². The molecule has 0 aliphatic carbocycles. The molecule has 0 atom stereocenters. The first-order chi connectivity index (χ1) is 10.6. The van der Waals surface area contributed by atoms with Gasteiger partial charge in [-0.2, -0.15) is 0 Å². The molecule has 3 aromatic rings. The summed E-state index contributed by atoms with van der Waals surface area (Å²) in [6.45, 7) is 0. The fraction of sp³-hybridized carbons (Fsp3) is 0.125. The summed E-state index contributed by atoms with van der Waals surface area (Å²) in [5.41, 5.74) is 2.02. The number of rotatable bonds is 3. The molecule has 0 saturated carbocycles. The number of ether oxygens (including phenoxy) is 2. The number of carbonyl (C=O) groups is 1. The van der Waals surface area contributed by atoms with E-state index in [1.165, 1.54) is 7.11 Å². The molecule has 0 saturated heterocycles. The van der Waals surface area contributed by atoms with E-state index in [0.717, 1.165) is 16.8 Å². The zero-order valence-corrected chi connectivity index (χ0v) is 12.8. The van der Waals surface area contributed by atoms with Crippen LogP contribution in [0.15, 0.2) is 42.6 Å². The lowest BCUT2D eigenvalue weighted by molar-refractivity contribution is 0.0600. The average molecular weight is 317 g/mol. The van der Waals surface area contributed by atoms with E-state index < -0.39 is 5.97 Å². The van der Waals surface area contributed by atoms with Gasteiger partial charge in [-0.3, -0.25) is 4.40 Å². The van der Waals surface area contributed by atoms with Gasteiger partial charge in [-0.25, -0.2) is 9.78 Å². The number of esters is 1. The van der Waals surface area contributed by atoms with Crippen molar-refractivity contribution in [2.45, 2.75) is 0 Å². The number of carbonyl (C=O) groups excluding carboxylic acids is 1. The third kappa shape index (κ3) is 2.40. The molecule has 2 heterocycles. The van der Waals surface area contributed by atoms with Gasteiger partial charge in [-0.1, -0.05) is 11.6 Å². The van der Waals surface area contributed by atoms with Crippen LogP contribution in [0.4, 0.5) is 0 Å². The SMILES string of the molecule is COC(=O)c1ccc2c(Cl)nc(-c3ccc(OC)cc3)n2c1. The average Bonchev–Trinajstić information content (AvgIpc) is 2.90. The summed E-state index contributed by atoms with van der Waals surface area (Å²) in [6, 6.07) is 10.9. The van der Waals surface area contributed by atoms with Crippen LogP contribution >= 0.6 is 11.6 Å². The highest BCUT2D eigenvalue weighted by atomic mass is 35.5. The Morgan fingerprint density at radius 1 is 1.14 bits per heavy atom. The molecule has 0 bridgehead atoms. The number of benzene rings is 1.